The van der Waals surface area contributed by atoms with Crippen molar-refractivity contribution in [2.75, 3.05) is 13.1 Å². The maximum absolute atomic E-state index is 12.7. The second-order valence-corrected chi connectivity index (χ2v) is 9.27. The van der Waals surface area contributed by atoms with Crippen molar-refractivity contribution >= 4 is 29.0 Å². The minimum atomic E-state index is -0.0542. The fourth-order valence-corrected chi connectivity index (χ4v) is 4.79. The van der Waals surface area contributed by atoms with Gasteiger partial charge in [0.25, 0.3) is 5.56 Å². The lowest BCUT2D eigenvalue weighted by Crippen LogP contribution is -2.44. The van der Waals surface area contributed by atoms with Crippen LogP contribution < -0.4 is 10.9 Å². The lowest BCUT2D eigenvalue weighted by Gasteiger charge is -2.33. The zero-order valence-corrected chi connectivity index (χ0v) is 20.0. The van der Waals surface area contributed by atoms with Gasteiger partial charge in [-0.2, -0.15) is 0 Å². The average Bonchev–Trinajstić information content (AvgIpc) is 2.83. The van der Waals surface area contributed by atoms with Crippen molar-refractivity contribution in [3.63, 3.8) is 0 Å². The zero-order chi connectivity index (χ0) is 23.2. The van der Waals surface area contributed by atoms with E-state index in [0.717, 1.165) is 44.3 Å². The zero-order valence-electron chi connectivity index (χ0n) is 19.2. The summed E-state index contributed by atoms with van der Waals surface area (Å²) in [6.45, 7) is 5.39. The Hall–Kier alpha value is -2.77. The quantitative estimate of drug-likeness (QED) is 0.368. The van der Waals surface area contributed by atoms with Crippen molar-refractivity contribution in [3.05, 3.63) is 74.8 Å². The summed E-state index contributed by atoms with van der Waals surface area (Å²) in [6.07, 6.45) is 4.07. The number of para-hydroxylation sites is 1. The number of rotatable bonds is 9. The summed E-state index contributed by atoms with van der Waals surface area (Å²) in [4.78, 5) is 30.6. The van der Waals surface area contributed by atoms with E-state index in [4.69, 9.17) is 12.2 Å². The highest BCUT2D eigenvalue weighted by Crippen LogP contribution is 2.20. The van der Waals surface area contributed by atoms with Gasteiger partial charge in [-0.15, -0.1) is 0 Å². The monoisotopic (exact) mass is 464 g/mol. The molecule has 0 saturated carbocycles. The number of hydrogen-bond donors (Lipinski definition) is 2. The number of hydrogen-bond acceptors (Lipinski definition) is 4. The van der Waals surface area contributed by atoms with Crippen LogP contribution in [0.4, 0.5) is 0 Å². The molecule has 1 amide bonds. The molecule has 0 radical (unpaired) electrons. The minimum absolute atomic E-state index is 0.0542. The third-order valence-electron chi connectivity index (χ3n) is 6.55. The number of aromatic nitrogens is 2. The van der Waals surface area contributed by atoms with Gasteiger partial charge in [-0.25, -0.2) is 0 Å². The summed E-state index contributed by atoms with van der Waals surface area (Å²) >= 11 is 5.36. The first-order valence-corrected chi connectivity index (χ1v) is 12.2. The molecular weight excluding hydrogens is 432 g/mol. The van der Waals surface area contributed by atoms with Crippen LogP contribution in [0.1, 0.15) is 43.7 Å². The molecule has 6 nitrogen and oxygen atoms in total. The molecule has 0 aliphatic carbocycles. The molecular formula is C26H32N4O2S. The first-order chi connectivity index (χ1) is 16.0. The molecule has 174 valence electrons. The van der Waals surface area contributed by atoms with Crippen molar-refractivity contribution < 1.29 is 4.79 Å². The predicted octanol–water partition coefficient (Wildman–Crippen LogP) is 4.18. The third kappa shape index (κ3) is 5.78. The number of carbonyl (C=O) groups is 1. The summed E-state index contributed by atoms with van der Waals surface area (Å²) in [5.41, 5.74) is 3.55. The average molecular weight is 465 g/mol. The highest BCUT2D eigenvalue weighted by Gasteiger charge is 2.20. The van der Waals surface area contributed by atoms with E-state index in [1.165, 1.54) is 11.1 Å². The number of nitrogens with zero attached hydrogens (tertiary/aromatic N) is 2. The molecule has 33 heavy (non-hydrogen) atoms. The van der Waals surface area contributed by atoms with E-state index in [-0.39, 0.29) is 11.5 Å². The Morgan fingerprint density at radius 1 is 1.09 bits per heavy atom. The van der Waals surface area contributed by atoms with Crippen molar-refractivity contribution in [3.8, 4) is 0 Å². The van der Waals surface area contributed by atoms with E-state index in [2.05, 4.69) is 46.4 Å². The molecule has 0 spiro atoms. The number of aromatic amines is 1. The van der Waals surface area contributed by atoms with Gasteiger partial charge in [0.15, 0.2) is 4.77 Å². The van der Waals surface area contributed by atoms with Crippen LogP contribution in [0.15, 0.2) is 53.3 Å². The van der Waals surface area contributed by atoms with E-state index in [0.29, 0.717) is 35.7 Å². The Labute approximate surface area is 199 Å². The van der Waals surface area contributed by atoms with Crippen molar-refractivity contribution in [1.29, 1.82) is 0 Å². The van der Waals surface area contributed by atoms with E-state index in [9.17, 15) is 9.59 Å². The molecule has 4 rings (SSSR count). The first-order valence-electron chi connectivity index (χ1n) is 11.8. The number of benzene rings is 2. The van der Waals surface area contributed by atoms with E-state index in [1.54, 1.807) is 4.57 Å². The molecule has 1 unspecified atom stereocenters. The second-order valence-electron chi connectivity index (χ2n) is 8.89. The molecule has 0 saturated heterocycles. The van der Waals surface area contributed by atoms with E-state index >= 15 is 0 Å². The Kier molecular flexibility index (Phi) is 7.73. The maximum Gasteiger partial charge on any atom is 0.262 e. The van der Waals surface area contributed by atoms with Gasteiger partial charge < -0.3 is 10.3 Å². The number of nitrogens with one attached hydrogen (secondary N) is 2. The molecule has 7 heteroatoms. The van der Waals surface area contributed by atoms with Gasteiger partial charge in [0.1, 0.15) is 0 Å². The van der Waals surface area contributed by atoms with Crippen LogP contribution in [0.3, 0.4) is 0 Å². The van der Waals surface area contributed by atoms with Crippen LogP contribution in [0, 0.1) is 4.77 Å². The maximum atomic E-state index is 12.7. The molecule has 2 N–H and O–H groups in total. The Balaban J connectivity index is 1.17. The standard InChI is InChI=1S/C26H32N4O2S/c1-19(29-16-14-20-9-4-5-10-21(20)18-29)17-27-24(31)13-3-2-8-15-30-25(32)22-11-6-7-12-23(22)28-26(30)33/h4-7,9-12,19H,2-3,8,13-18H2,1H3,(H,27,31)(H,28,33). The number of carbonyl (C=O) groups excluding carboxylic acids is 1. The molecule has 0 bridgehead atoms. The molecule has 1 aromatic heterocycles. The third-order valence-corrected chi connectivity index (χ3v) is 6.88. The minimum Gasteiger partial charge on any atom is -0.355 e. The normalized spacial score (nSPS) is 14.7. The summed E-state index contributed by atoms with van der Waals surface area (Å²) < 4.78 is 2.07. The number of H-pyrrole nitrogens is 1. The summed E-state index contributed by atoms with van der Waals surface area (Å²) in [6, 6.07) is 16.3. The lowest BCUT2D eigenvalue weighted by molar-refractivity contribution is -0.121. The second kappa shape index (κ2) is 10.9. The van der Waals surface area contributed by atoms with Gasteiger partial charge in [-0.1, -0.05) is 42.8 Å². The predicted molar refractivity (Wildman–Crippen MR) is 135 cm³/mol. The van der Waals surface area contributed by atoms with Crippen LogP contribution in [0.2, 0.25) is 0 Å². The van der Waals surface area contributed by atoms with Crippen LogP contribution in [0.25, 0.3) is 10.9 Å². The van der Waals surface area contributed by atoms with Crippen molar-refractivity contribution in [2.45, 2.75) is 58.2 Å². The number of amides is 1. The van der Waals surface area contributed by atoms with Crippen molar-refractivity contribution in [2.24, 2.45) is 0 Å². The summed E-state index contributed by atoms with van der Waals surface area (Å²) in [5, 5.41) is 3.74. The van der Waals surface area contributed by atoms with Gasteiger partial charge in [-0.05, 0) is 61.7 Å². The molecule has 0 fully saturated rings. The fraction of sp³-hybridized carbons (Fsp3) is 0.423. The van der Waals surface area contributed by atoms with Gasteiger partial charge >= 0.3 is 0 Å². The SMILES string of the molecule is CC(CNC(=O)CCCCCn1c(=S)[nH]c2ccccc2c1=O)N1CCc2ccccc2C1. The smallest absolute Gasteiger partial charge is 0.262 e. The van der Waals surface area contributed by atoms with Gasteiger partial charge in [0.05, 0.1) is 10.9 Å². The summed E-state index contributed by atoms with van der Waals surface area (Å²) in [7, 11) is 0. The van der Waals surface area contributed by atoms with Gasteiger partial charge in [0, 0.05) is 38.6 Å². The molecule has 1 atom stereocenters. The molecule has 3 aromatic rings. The Morgan fingerprint density at radius 2 is 1.85 bits per heavy atom. The largest absolute Gasteiger partial charge is 0.355 e. The highest BCUT2D eigenvalue weighted by atomic mass is 32.1. The highest BCUT2D eigenvalue weighted by molar-refractivity contribution is 7.71. The molecule has 2 heterocycles. The Bertz CT molecular complexity index is 1230. The first kappa shape index (κ1) is 23.4. The van der Waals surface area contributed by atoms with Crippen molar-refractivity contribution in [1.82, 2.24) is 19.8 Å². The Morgan fingerprint density at radius 3 is 2.70 bits per heavy atom. The van der Waals surface area contributed by atoms with E-state index < -0.39 is 0 Å². The van der Waals surface area contributed by atoms with E-state index in [1.807, 2.05) is 24.3 Å². The van der Waals surface area contributed by atoms with Gasteiger partial charge in [-0.3, -0.25) is 19.1 Å². The van der Waals surface area contributed by atoms with Crippen LogP contribution in [-0.4, -0.2) is 39.5 Å². The summed E-state index contributed by atoms with van der Waals surface area (Å²) in [5.74, 6) is 0.0967. The van der Waals surface area contributed by atoms with Crippen LogP contribution >= 0.6 is 12.2 Å². The fourth-order valence-electron chi connectivity index (χ4n) is 4.51. The number of fused-ring (bicyclic) bond motifs is 2. The molecule has 2 aromatic carbocycles. The van der Waals surface area contributed by atoms with Crippen LogP contribution in [-0.2, 0) is 24.3 Å². The molecule has 1 aliphatic rings. The number of unbranched alkanes of at least 4 members (excludes halogenated alkanes) is 2. The topological polar surface area (TPSA) is 70.1 Å². The molecule has 1 aliphatic heterocycles. The lowest BCUT2D eigenvalue weighted by atomic mass is 9.99. The van der Waals surface area contributed by atoms with Gasteiger partial charge in [0.2, 0.25) is 5.91 Å². The van der Waals surface area contributed by atoms with Crippen LogP contribution in [0.5, 0.6) is 0 Å².